The summed E-state index contributed by atoms with van der Waals surface area (Å²) in [6.07, 6.45) is 1.47. The highest BCUT2D eigenvalue weighted by atomic mass is 35.5. The van der Waals surface area contributed by atoms with Gasteiger partial charge in [-0.15, -0.1) is 11.3 Å². The Balaban J connectivity index is 2.61. The van der Waals surface area contributed by atoms with Crippen LogP contribution in [0.15, 0.2) is 11.6 Å². The summed E-state index contributed by atoms with van der Waals surface area (Å²) in [5, 5.41) is 12.5. The number of benzene rings is 1. The number of hydrogen-bond acceptors (Lipinski definition) is 4. The molecule has 110 valence electrons. The van der Waals surface area contributed by atoms with Crippen molar-refractivity contribution in [3.63, 3.8) is 0 Å². The highest BCUT2D eigenvalue weighted by Crippen LogP contribution is 2.41. The van der Waals surface area contributed by atoms with Gasteiger partial charge in [0, 0.05) is 11.6 Å². The van der Waals surface area contributed by atoms with E-state index >= 15 is 0 Å². The van der Waals surface area contributed by atoms with Crippen LogP contribution < -0.4 is 5.32 Å². The third-order valence-corrected chi connectivity index (χ3v) is 4.85. The van der Waals surface area contributed by atoms with Crippen LogP contribution in [0.25, 0.3) is 0 Å². The molecule has 0 saturated carbocycles. The van der Waals surface area contributed by atoms with E-state index in [2.05, 4.69) is 10.3 Å². The van der Waals surface area contributed by atoms with E-state index < -0.39 is 17.4 Å². The molecule has 21 heavy (non-hydrogen) atoms. The Morgan fingerprint density at radius 2 is 1.62 bits per heavy atom. The number of aromatic nitrogens is 1. The lowest BCUT2D eigenvalue weighted by atomic mass is 10.1. The van der Waals surface area contributed by atoms with Gasteiger partial charge in [-0.05, 0) is 0 Å². The van der Waals surface area contributed by atoms with E-state index in [1.54, 1.807) is 5.38 Å². The van der Waals surface area contributed by atoms with Crippen molar-refractivity contribution < 1.29 is 14.7 Å². The monoisotopic (exact) mass is 384 g/mol. The zero-order valence-corrected chi connectivity index (χ0v) is 13.6. The number of anilines is 1. The number of amides is 1. The Morgan fingerprint density at radius 3 is 2.10 bits per heavy atom. The first-order chi connectivity index (χ1) is 9.84. The number of hydrogen-bond donors (Lipinski definition) is 2. The summed E-state index contributed by atoms with van der Waals surface area (Å²) in [6, 6.07) is 0. The number of aromatic carboxylic acids is 1. The van der Waals surface area contributed by atoms with Crippen LogP contribution >= 0.6 is 57.7 Å². The standard InChI is InChI=1S/C11H4Cl4N2O3S/c12-5-3(9(18)17-11-16-1-2-21-11)4(10(19)20)6(13)8(15)7(5)14/h1-2H,(H,19,20)(H,16,17,18). The molecule has 0 unspecified atom stereocenters. The minimum Gasteiger partial charge on any atom is -0.478 e. The molecule has 0 atom stereocenters. The van der Waals surface area contributed by atoms with Crippen molar-refractivity contribution in [2.24, 2.45) is 0 Å². The molecule has 0 bridgehead atoms. The number of thiazole rings is 1. The van der Waals surface area contributed by atoms with Crippen LogP contribution in [-0.2, 0) is 0 Å². The second kappa shape index (κ2) is 6.37. The SMILES string of the molecule is O=C(O)c1c(Cl)c(Cl)c(Cl)c(Cl)c1C(=O)Nc1nccs1. The zero-order valence-electron chi connectivity index (χ0n) is 9.79. The molecular weight excluding hydrogens is 382 g/mol. The van der Waals surface area contributed by atoms with E-state index in [9.17, 15) is 14.7 Å². The lowest BCUT2D eigenvalue weighted by molar-refractivity contribution is 0.0692. The minimum atomic E-state index is -1.45. The fourth-order valence-electron chi connectivity index (χ4n) is 1.49. The molecule has 2 aromatic rings. The highest BCUT2D eigenvalue weighted by Gasteiger charge is 2.29. The first-order valence-electron chi connectivity index (χ1n) is 5.14. The summed E-state index contributed by atoms with van der Waals surface area (Å²) in [5.74, 6) is -2.25. The van der Waals surface area contributed by atoms with Gasteiger partial charge in [-0.1, -0.05) is 46.4 Å². The van der Waals surface area contributed by atoms with Gasteiger partial charge in [-0.2, -0.15) is 0 Å². The summed E-state index contributed by atoms with van der Waals surface area (Å²) < 4.78 is 0. The van der Waals surface area contributed by atoms with Gasteiger partial charge < -0.3 is 5.11 Å². The molecule has 10 heteroatoms. The smallest absolute Gasteiger partial charge is 0.338 e. The van der Waals surface area contributed by atoms with Crippen LogP contribution in [0, 0.1) is 0 Å². The maximum Gasteiger partial charge on any atom is 0.338 e. The van der Waals surface area contributed by atoms with Gasteiger partial charge in [0.15, 0.2) is 5.13 Å². The van der Waals surface area contributed by atoms with Crippen molar-refractivity contribution in [1.82, 2.24) is 4.98 Å². The molecule has 0 saturated heterocycles. The number of nitrogens with one attached hydrogen (secondary N) is 1. The molecule has 2 N–H and O–H groups in total. The maximum absolute atomic E-state index is 12.2. The van der Waals surface area contributed by atoms with Crippen LogP contribution in [0.3, 0.4) is 0 Å². The molecule has 0 aliphatic heterocycles. The van der Waals surface area contributed by atoms with Gasteiger partial charge in [0.2, 0.25) is 0 Å². The van der Waals surface area contributed by atoms with Crippen LogP contribution in [0.4, 0.5) is 5.13 Å². The Bertz CT molecular complexity index is 734. The minimum absolute atomic E-state index is 0.197. The predicted molar refractivity (Wildman–Crippen MR) is 83.5 cm³/mol. The third-order valence-electron chi connectivity index (χ3n) is 2.36. The molecule has 1 amide bonds. The number of carboxylic acids is 1. The fourth-order valence-corrected chi connectivity index (χ4v) is 3.03. The quantitative estimate of drug-likeness (QED) is 0.592. The number of halogens is 4. The van der Waals surface area contributed by atoms with E-state index in [0.29, 0.717) is 0 Å². The number of nitrogens with zero attached hydrogens (tertiary/aromatic N) is 1. The molecule has 1 aromatic carbocycles. The second-order valence-electron chi connectivity index (χ2n) is 3.60. The van der Waals surface area contributed by atoms with Crippen LogP contribution in [0.1, 0.15) is 20.7 Å². The largest absolute Gasteiger partial charge is 0.478 e. The van der Waals surface area contributed by atoms with Crippen LogP contribution in [0.5, 0.6) is 0 Å². The van der Waals surface area contributed by atoms with E-state index in [1.165, 1.54) is 6.20 Å². The molecule has 5 nitrogen and oxygen atoms in total. The number of rotatable bonds is 3. The third kappa shape index (κ3) is 3.09. The van der Waals surface area contributed by atoms with Gasteiger partial charge in [0.1, 0.15) is 0 Å². The van der Waals surface area contributed by atoms with E-state index in [1.807, 2.05) is 0 Å². The van der Waals surface area contributed by atoms with E-state index in [-0.39, 0.29) is 30.8 Å². The van der Waals surface area contributed by atoms with Crippen molar-refractivity contribution in [2.75, 3.05) is 5.32 Å². The van der Waals surface area contributed by atoms with Gasteiger partial charge in [-0.3, -0.25) is 10.1 Å². The van der Waals surface area contributed by atoms with Crippen molar-refractivity contribution >= 4 is 74.7 Å². The highest BCUT2D eigenvalue weighted by molar-refractivity contribution is 7.13. The molecule has 0 spiro atoms. The summed E-state index contributed by atoms with van der Waals surface area (Å²) in [7, 11) is 0. The number of carbonyl (C=O) groups excluding carboxylic acids is 1. The molecule has 2 rings (SSSR count). The second-order valence-corrected chi connectivity index (χ2v) is 6.01. The fraction of sp³-hybridized carbons (Fsp3) is 0. The van der Waals surface area contributed by atoms with Crippen molar-refractivity contribution in [1.29, 1.82) is 0 Å². The summed E-state index contributed by atoms with van der Waals surface area (Å²) in [4.78, 5) is 27.4. The topological polar surface area (TPSA) is 79.3 Å². The molecule has 0 aliphatic carbocycles. The number of carbonyl (C=O) groups is 2. The average Bonchev–Trinajstić information content (AvgIpc) is 2.92. The maximum atomic E-state index is 12.2. The predicted octanol–water partition coefficient (Wildman–Crippen LogP) is 4.71. The lowest BCUT2D eigenvalue weighted by Gasteiger charge is -2.13. The Hall–Kier alpha value is -1.05. The molecule has 0 aliphatic rings. The zero-order chi connectivity index (χ0) is 15.7. The lowest BCUT2D eigenvalue weighted by Crippen LogP contribution is -2.18. The van der Waals surface area contributed by atoms with Gasteiger partial charge in [0.05, 0.1) is 31.2 Å². The van der Waals surface area contributed by atoms with Crippen molar-refractivity contribution in [2.45, 2.75) is 0 Å². The first kappa shape index (κ1) is 16.3. The van der Waals surface area contributed by atoms with Crippen molar-refractivity contribution in [3.8, 4) is 0 Å². The normalized spacial score (nSPS) is 10.5. The molecule has 0 fully saturated rings. The molecular formula is C11H4Cl4N2O3S. The summed E-state index contributed by atoms with van der Waals surface area (Å²) in [5.41, 5.74) is -0.899. The Kier molecular flexibility index (Phi) is 4.95. The Morgan fingerprint density at radius 1 is 1.05 bits per heavy atom. The summed E-state index contributed by atoms with van der Waals surface area (Å²) >= 11 is 24.6. The van der Waals surface area contributed by atoms with Gasteiger partial charge in [-0.25, -0.2) is 9.78 Å². The molecule has 0 radical (unpaired) electrons. The number of carboxylic acid groups (broad SMARTS) is 1. The first-order valence-corrected chi connectivity index (χ1v) is 7.53. The molecule has 1 heterocycles. The molecule has 1 aromatic heterocycles. The van der Waals surface area contributed by atoms with Crippen LogP contribution in [-0.4, -0.2) is 22.0 Å². The van der Waals surface area contributed by atoms with Crippen LogP contribution in [0.2, 0.25) is 20.1 Å². The van der Waals surface area contributed by atoms with Crippen molar-refractivity contribution in [3.05, 3.63) is 42.8 Å². The summed E-state index contributed by atoms with van der Waals surface area (Å²) in [6.45, 7) is 0. The van der Waals surface area contributed by atoms with Gasteiger partial charge in [0.25, 0.3) is 5.91 Å². The average molecular weight is 386 g/mol. The van der Waals surface area contributed by atoms with E-state index in [4.69, 9.17) is 46.4 Å². The van der Waals surface area contributed by atoms with E-state index in [0.717, 1.165) is 11.3 Å². The van der Waals surface area contributed by atoms with Gasteiger partial charge >= 0.3 is 5.97 Å². The Labute approximate surface area is 142 Å².